The van der Waals surface area contributed by atoms with Gasteiger partial charge in [0.25, 0.3) is 5.91 Å². The number of benzene rings is 2. The van der Waals surface area contributed by atoms with Gasteiger partial charge in [0.15, 0.2) is 9.84 Å². The zero-order valence-electron chi connectivity index (χ0n) is 17.2. The van der Waals surface area contributed by atoms with Gasteiger partial charge in [-0.3, -0.25) is 9.78 Å². The van der Waals surface area contributed by atoms with Crippen LogP contribution >= 0.6 is 11.3 Å². The van der Waals surface area contributed by atoms with Gasteiger partial charge < -0.3 is 4.90 Å². The number of hydrogen-bond acceptors (Lipinski definition) is 6. The maximum absolute atomic E-state index is 13.2. The van der Waals surface area contributed by atoms with Crippen LogP contribution < -0.4 is 0 Å². The molecule has 1 amide bonds. The highest BCUT2D eigenvalue weighted by Crippen LogP contribution is 2.28. The van der Waals surface area contributed by atoms with E-state index in [0.717, 1.165) is 16.6 Å². The number of thiophene rings is 1. The molecule has 3 heterocycles. The first-order chi connectivity index (χ1) is 15.5. The Hall–Kier alpha value is -3.10. The fourth-order valence-electron chi connectivity index (χ4n) is 4.05. The van der Waals surface area contributed by atoms with Crippen molar-refractivity contribution in [1.29, 1.82) is 0 Å². The van der Waals surface area contributed by atoms with Crippen LogP contribution in [0.4, 0.5) is 0 Å². The third kappa shape index (κ3) is 3.91. The van der Waals surface area contributed by atoms with E-state index < -0.39 is 15.1 Å². The lowest BCUT2D eigenvalue weighted by molar-refractivity contribution is 0.0719. The van der Waals surface area contributed by atoms with E-state index in [2.05, 4.69) is 9.97 Å². The van der Waals surface area contributed by atoms with Gasteiger partial charge in [0.05, 0.1) is 27.4 Å². The van der Waals surface area contributed by atoms with Crippen LogP contribution in [0.3, 0.4) is 0 Å². The van der Waals surface area contributed by atoms with Crippen molar-refractivity contribution in [3.63, 3.8) is 0 Å². The second-order valence-corrected chi connectivity index (χ2v) is 10.8. The van der Waals surface area contributed by atoms with Crippen LogP contribution in [0.25, 0.3) is 22.2 Å². The SMILES string of the molecule is O=C(c1cnc2ccccc2n1)N1CCC(S(=O)(=O)c2ccc(-c3ccsc3)cc2)CC1. The summed E-state index contributed by atoms with van der Waals surface area (Å²) in [6.45, 7) is 0.758. The van der Waals surface area contributed by atoms with E-state index in [0.29, 0.717) is 36.3 Å². The lowest BCUT2D eigenvalue weighted by atomic mass is 10.1. The quantitative estimate of drug-likeness (QED) is 0.447. The molecular weight excluding hydrogens is 442 g/mol. The average molecular weight is 464 g/mol. The lowest BCUT2D eigenvalue weighted by Crippen LogP contribution is -2.42. The largest absolute Gasteiger partial charge is 0.337 e. The Balaban J connectivity index is 1.27. The monoisotopic (exact) mass is 463 g/mol. The van der Waals surface area contributed by atoms with Gasteiger partial charge in [0.2, 0.25) is 0 Å². The first-order valence-corrected chi connectivity index (χ1v) is 12.9. The Kier molecular flexibility index (Phi) is 5.48. The molecule has 1 fully saturated rings. The van der Waals surface area contributed by atoms with Crippen molar-refractivity contribution < 1.29 is 13.2 Å². The summed E-state index contributed by atoms with van der Waals surface area (Å²) in [4.78, 5) is 23.6. The van der Waals surface area contributed by atoms with E-state index in [-0.39, 0.29) is 11.6 Å². The van der Waals surface area contributed by atoms with Crippen LogP contribution in [0.2, 0.25) is 0 Å². The number of carbonyl (C=O) groups excluding carboxylic acids is 1. The topological polar surface area (TPSA) is 80.2 Å². The Bertz CT molecular complexity index is 1360. The first kappa shape index (κ1) is 20.8. The van der Waals surface area contributed by atoms with Gasteiger partial charge in [-0.25, -0.2) is 13.4 Å². The maximum Gasteiger partial charge on any atom is 0.274 e. The summed E-state index contributed by atoms with van der Waals surface area (Å²) in [5, 5.41) is 3.54. The molecule has 0 unspecified atom stereocenters. The van der Waals surface area contributed by atoms with Crippen LogP contribution in [0.15, 0.2) is 76.4 Å². The van der Waals surface area contributed by atoms with Gasteiger partial charge in [-0.2, -0.15) is 11.3 Å². The third-order valence-corrected chi connectivity index (χ3v) is 8.83. The minimum atomic E-state index is -3.45. The van der Waals surface area contributed by atoms with E-state index in [1.807, 2.05) is 53.2 Å². The van der Waals surface area contributed by atoms with E-state index in [4.69, 9.17) is 0 Å². The van der Waals surface area contributed by atoms with Crippen molar-refractivity contribution in [2.45, 2.75) is 23.0 Å². The normalized spacial score (nSPS) is 15.2. The van der Waals surface area contributed by atoms with Gasteiger partial charge >= 0.3 is 0 Å². The maximum atomic E-state index is 13.2. The number of sulfone groups is 1. The molecule has 0 saturated carbocycles. The fourth-order valence-corrected chi connectivity index (χ4v) is 6.45. The lowest BCUT2D eigenvalue weighted by Gasteiger charge is -2.31. The van der Waals surface area contributed by atoms with Crippen LogP contribution in [-0.4, -0.2) is 47.5 Å². The average Bonchev–Trinajstić information content (AvgIpc) is 3.38. The predicted octanol–water partition coefficient (Wildman–Crippen LogP) is 4.44. The van der Waals surface area contributed by atoms with Crippen molar-refractivity contribution in [1.82, 2.24) is 14.9 Å². The van der Waals surface area contributed by atoms with Crippen molar-refractivity contribution in [3.8, 4) is 11.1 Å². The Morgan fingerprint density at radius 3 is 2.34 bits per heavy atom. The van der Waals surface area contributed by atoms with Gasteiger partial charge in [-0.05, 0) is 65.1 Å². The summed E-state index contributed by atoms with van der Waals surface area (Å²) in [5.74, 6) is -0.209. The summed E-state index contributed by atoms with van der Waals surface area (Å²) in [6, 6.07) is 16.5. The number of fused-ring (bicyclic) bond motifs is 1. The van der Waals surface area contributed by atoms with Crippen LogP contribution in [-0.2, 0) is 9.84 Å². The second kappa shape index (κ2) is 8.44. The zero-order chi connectivity index (χ0) is 22.1. The molecule has 1 aliphatic heterocycles. The van der Waals surface area contributed by atoms with Crippen molar-refractivity contribution in [2.24, 2.45) is 0 Å². The summed E-state index contributed by atoms with van der Waals surface area (Å²) < 4.78 is 26.3. The molecule has 0 radical (unpaired) electrons. The van der Waals surface area contributed by atoms with Crippen LogP contribution in [0.1, 0.15) is 23.3 Å². The molecule has 5 rings (SSSR count). The smallest absolute Gasteiger partial charge is 0.274 e. The molecule has 6 nitrogen and oxygen atoms in total. The predicted molar refractivity (Wildman–Crippen MR) is 125 cm³/mol. The Morgan fingerprint density at radius 2 is 1.66 bits per heavy atom. The summed E-state index contributed by atoms with van der Waals surface area (Å²) in [7, 11) is -3.45. The number of carbonyl (C=O) groups is 1. The number of rotatable bonds is 4. The molecule has 1 saturated heterocycles. The molecule has 32 heavy (non-hydrogen) atoms. The molecular formula is C24H21N3O3S2. The molecule has 162 valence electrons. The number of amides is 1. The molecule has 8 heteroatoms. The number of aromatic nitrogens is 2. The Morgan fingerprint density at radius 1 is 0.938 bits per heavy atom. The fraction of sp³-hybridized carbons (Fsp3) is 0.208. The van der Waals surface area contributed by atoms with E-state index >= 15 is 0 Å². The molecule has 4 aromatic rings. The number of nitrogens with zero attached hydrogens (tertiary/aromatic N) is 3. The van der Waals surface area contributed by atoms with Gasteiger partial charge in [-0.1, -0.05) is 24.3 Å². The second-order valence-electron chi connectivity index (χ2n) is 7.82. The van der Waals surface area contributed by atoms with E-state index in [1.54, 1.807) is 28.4 Å². The third-order valence-electron chi connectivity index (χ3n) is 5.87. The number of likely N-dealkylation sites (tertiary alicyclic amines) is 1. The minimum Gasteiger partial charge on any atom is -0.337 e. The number of para-hydroxylation sites is 2. The standard InChI is InChI=1S/C24H21N3O3S2/c28-24(23-15-25-21-3-1-2-4-22(21)26-23)27-12-9-20(10-13-27)32(29,30)19-7-5-17(6-8-19)18-11-14-31-16-18/h1-8,11,14-16,20H,9-10,12-13H2. The van der Waals surface area contributed by atoms with Crippen LogP contribution in [0.5, 0.6) is 0 Å². The summed E-state index contributed by atoms with van der Waals surface area (Å²) in [6.07, 6.45) is 2.30. The van der Waals surface area contributed by atoms with Gasteiger partial charge in [-0.15, -0.1) is 0 Å². The van der Waals surface area contributed by atoms with Gasteiger partial charge in [0.1, 0.15) is 5.69 Å². The van der Waals surface area contributed by atoms with Crippen LogP contribution in [0, 0.1) is 0 Å². The number of hydrogen-bond donors (Lipinski definition) is 0. The highest BCUT2D eigenvalue weighted by molar-refractivity contribution is 7.92. The van der Waals surface area contributed by atoms with Crippen molar-refractivity contribution >= 4 is 38.1 Å². The summed E-state index contributed by atoms with van der Waals surface area (Å²) in [5.41, 5.74) is 3.78. The Labute approximate surface area is 190 Å². The molecule has 2 aromatic carbocycles. The molecule has 1 aliphatic rings. The van der Waals surface area contributed by atoms with E-state index in [1.165, 1.54) is 6.20 Å². The number of piperidine rings is 1. The molecule has 0 N–H and O–H groups in total. The van der Waals surface area contributed by atoms with Gasteiger partial charge in [0, 0.05) is 13.1 Å². The molecule has 0 spiro atoms. The highest BCUT2D eigenvalue weighted by atomic mass is 32.2. The molecule has 2 aromatic heterocycles. The molecule has 0 bridgehead atoms. The molecule has 0 atom stereocenters. The first-order valence-electron chi connectivity index (χ1n) is 10.4. The minimum absolute atomic E-state index is 0.209. The molecule has 0 aliphatic carbocycles. The highest BCUT2D eigenvalue weighted by Gasteiger charge is 2.33. The van der Waals surface area contributed by atoms with E-state index in [9.17, 15) is 13.2 Å². The zero-order valence-corrected chi connectivity index (χ0v) is 18.8. The summed E-state index contributed by atoms with van der Waals surface area (Å²) >= 11 is 1.61. The van der Waals surface area contributed by atoms with Crippen molar-refractivity contribution in [3.05, 3.63) is 77.2 Å². The van der Waals surface area contributed by atoms with Crippen molar-refractivity contribution in [2.75, 3.05) is 13.1 Å².